The first-order valence-electron chi connectivity index (χ1n) is 9.48. The number of hydrogen-bond acceptors (Lipinski definition) is 5. The lowest BCUT2D eigenvalue weighted by Crippen LogP contribution is -2.08. The van der Waals surface area contributed by atoms with Gasteiger partial charge in [-0.3, -0.25) is 0 Å². The van der Waals surface area contributed by atoms with Crippen molar-refractivity contribution in [3.05, 3.63) is 48.2 Å². The first-order valence-corrected chi connectivity index (χ1v) is 9.48. The van der Waals surface area contributed by atoms with Crippen LogP contribution >= 0.6 is 0 Å². The number of unbranched alkanes of at least 4 members (excludes halogenated alkanes) is 1. The molecule has 0 unspecified atom stereocenters. The van der Waals surface area contributed by atoms with Gasteiger partial charge in [0.25, 0.3) is 0 Å². The Labute approximate surface area is 163 Å². The molecule has 0 aliphatic carbocycles. The van der Waals surface area contributed by atoms with E-state index in [1.165, 1.54) is 32.3 Å². The van der Waals surface area contributed by atoms with Crippen LogP contribution in [-0.4, -0.2) is 31.0 Å². The topological polar surface area (TPSA) is 60.5 Å². The number of ether oxygens (including phenoxy) is 2. The maximum atomic E-state index is 9.44. The average Bonchev–Trinajstić information content (AvgIpc) is 2.67. The molecule has 1 N–H and O–H groups in total. The number of anilines is 1. The van der Waals surface area contributed by atoms with E-state index < -0.39 is 0 Å². The van der Waals surface area contributed by atoms with Crippen molar-refractivity contribution >= 4 is 11.6 Å². The molecule has 0 saturated carbocycles. The molecule has 1 aromatic heterocycles. The number of carbonyl (C=O) groups excluding carboxylic acids is 1. The number of Topliss-reactive ketones (excluding diaryl/α,β-unsaturated/α-hetero) is 1. The van der Waals surface area contributed by atoms with Crippen LogP contribution in [0, 0.1) is 0 Å². The highest BCUT2D eigenvalue weighted by atomic mass is 16.5. The number of aromatic nitrogens is 1. The van der Waals surface area contributed by atoms with E-state index in [4.69, 9.17) is 9.47 Å². The Hall–Kier alpha value is -2.56. The molecule has 0 aliphatic heterocycles. The second-order valence-electron chi connectivity index (χ2n) is 6.37. The highest BCUT2D eigenvalue weighted by Gasteiger charge is 1.98. The van der Waals surface area contributed by atoms with Crippen LogP contribution in [0.2, 0.25) is 0 Å². The van der Waals surface area contributed by atoms with Crippen molar-refractivity contribution in [2.45, 2.75) is 46.5 Å². The molecular weight excluding hydrogens is 340 g/mol. The fourth-order valence-corrected chi connectivity index (χ4v) is 2.25. The van der Waals surface area contributed by atoms with Gasteiger partial charge in [-0.15, -0.1) is 0 Å². The molecule has 0 spiro atoms. The first-order chi connectivity index (χ1) is 13.0. The molecule has 1 aromatic carbocycles. The van der Waals surface area contributed by atoms with Gasteiger partial charge in [-0.1, -0.05) is 25.5 Å². The molecule has 0 amide bonds. The number of methoxy groups -OCH3 is 1. The summed E-state index contributed by atoms with van der Waals surface area (Å²) in [6.07, 6.45) is 6.26. The van der Waals surface area contributed by atoms with Crippen LogP contribution in [0.3, 0.4) is 0 Å². The van der Waals surface area contributed by atoms with Crippen LogP contribution in [0.25, 0.3) is 0 Å². The van der Waals surface area contributed by atoms with Crippen molar-refractivity contribution in [2.75, 3.05) is 25.6 Å². The van der Waals surface area contributed by atoms with Crippen LogP contribution in [0.15, 0.2) is 42.6 Å². The minimum absolute atomic E-state index is 0.167. The fourth-order valence-electron chi connectivity index (χ4n) is 2.25. The molecule has 1 heterocycles. The van der Waals surface area contributed by atoms with Crippen molar-refractivity contribution in [1.82, 2.24) is 4.98 Å². The number of aryl methyl sites for hydroxylation is 1. The Kier molecular flexibility index (Phi) is 11.3. The number of hydrogen-bond donors (Lipinski definition) is 1. The third-order valence-corrected chi connectivity index (χ3v) is 3.61. The molecule has 0 aliphatic rings. The number of ketones is 1. The molecule has 27 heavy (non-hydrogen) atoms. The van der Waals surface area contributed by atoms with Crippen molar-refractivity contribution in [2.24, 2.45) is 0 Å². The molecule has 0 bridgehead atoms. The van der Waals surface area contributed by atoms with Gasteiger partial charge >= 0.3 is 0 Å². The largest absolute Gasteiger partial charge is 0.497 e. The Balaban J connectivity index is 0.000000828. The van der Waals surface area contributed by atoms with E-state index in [1.54, 1.807) is 13.3 Å². The van der Waals surface area contributed by atoms with Crippen molar-refractivity contribution < 1.29 is 14.3 Å². The number of nitrogens with one attached hydrogen (secondary N) is 1. The summed E-state index contributed by atoms with van der Waals surface area (Å²) in [6, 6.07) is 12.1. The molecule has 5 nitrogen and oxygen atoms in total. The molecule has 0 fully saturated rings. The van der Waals surface area contributed by atoms with Gasteiger partial charge in [0.15, 0.2) is 0 Å². The third-order valence-electron chi connectivity index (χ3n) is 3.61. The zero-order valence-corrected chi connectivity index (χ0v) is 17.0. The summed E-state index contributed by atoms with van der Waals surface area (Å²) in [4.78, 5) is 13.7. The number of nitrogens with zero attached hydrogens (tertiary/aromatic N) is 1. The number of benzene rings is 1. The van der Waals surface area contributed by atoms with Gasteiger partial charge in [-0.2, -0.15) is 0 Å². The summed E-state index contributed by atoms with van der Waals surface area (Å²) in [6.45, 7) is 6.77. The normalized spacial score (nSPS) is 9.78. The summed E-state index contributed by atoms with van der Waals surface area (Å²) in [5, 5.41) is 3.27. The standard InChI is InChI=1S/C19H26N2O2.C3H6O/c1-3-4-6-16-7-9-17(10-8-16)23-14-5-12-20-19-15-18(22-2)11-13-21-19;1-3(2)4/h7-11,13,15H,3-6,12,14H2,1-2H3,(H,20,21);1-2H3. The zero-order chi connectivity index (χ0) is 19.9. The number of carbonyl (C=O) groups is 1. The smallest absolute Gasteiger partial charge is 0.129 e. The van der Waals surface area contributed by atoms with Gasteiger partial charge in [0.1, 0.15) is 23.1 Å². The summed E-state index contributed by atoms with van der Waals surface area (Å²) >= 11 is 0. The predicted molar refractivity (Wildman–Crippen MR) is 111 cm³/mol. The van der Waals surface area contributed by atoms with Crippen LogP contribution in [0.5, 0.6) is 11.5 Å². The fraction of sp³-hybridized carbons (Fsp3) is 0.455. The predicted octanol–water partition coefficient (Wildman–Crippen LogP) is 4.91. The van der Waals surface area contributed by atoms with Crippen molar-refractivity contribution in [3.63, 3.8) is 0 Å². The van der Waals surface area contributed by atoms with Crippen molar-refractivity contribution in [1.29, 1.82) is 0 Å². The second kappa shape index (κ2) is 13.6. The van der Waals surface area contributed by atoms with E-state index in [1.807, 2.05) is 12.1 Å². The Morgan fingerprint density at radius 2 is 1.78 bits per heavy atom. The maximum Gasteiger partial charge on any atom is 0.129 e. The van der Waals surface area contributed by atoms with E-state index in [2.05, 4.69) is 41.5 Å². The Morgan fingerprint density at radius 3 is 2.41 bits per heavy atom. The summed E-state index contributed by atoms with van der Waals surface area (Å²) < 4.78 is 10.9. The lowest BCUT2D eigenvalue weighted by atomic mass is 10.1. The third kappa shape index (κ3) is 10.9. The maximum absolute atomic E-state index is 9.44. The van der Waals surface area contributed by atoms with E-state index in [0.29, 0.717) is 6.61 Å². The summed E-state index contributed by atoms with van der Waals surface area (Å²) in [7, 11) is 1.65. The van der Waals surface area contributed by atoms with Gasteiger partial charge in [0.05, 0.1) is 13.7 Å². The SMILES string of the molecule is CC(C)=O.CCCCc1ccc(OCCCNc2cc(OC)ccn2)cc1. The molecule has 2 aromatic rings. The number of pyridine rings is 1. The zero-order valence-electron chi connectivity index (χ0n) is 17.0. The molecule has 0 atom stereocenters. The van der Waals surface area contributed by atoms with Crippen molar-refractivity contribution in [3.8, 4) is 11.5 Å². The van der Waals surface area contributed by atoms with Crippen LogP contribution < -0.4 is 14.8 Å². The Morgan fingerprint density at radius 1 is 1.07 bits per heavy atom. The first kappa shape index (κ1) is 22.5. The van der Waals surface area contributed by atoms with E-state index in [0.717, 1.165) is 36.7 Å². The Bertz CT molecular complexity index is 653. The monoisotopic (exact) mass is 372 g/mol. The van der Waals surface area contributed by atoms with Gasteiger partial charge in [0, 0.05) is 18.8 Å². The summed E-state index contributed by atoms with van der Waals surface area (Å²) in [5.41, 5.74) is 1.38. The molecular formula is C22H32N2O3. The number of rotatable bonds is 10. The van der Waals surface area contributed by atoms with E-state index in [9.17, 15) is 4.79 Å². The lowest BCUT2D eigenvalue weighted by molar-refractivity contribution is -0.114. The molecule has 148 valence electrons. The highest BCUT2D eigenvalue weighted by Crippen LogP contribution is 2.15. The molecule has 2 rings (SSSR count). The van der Waals surface area contributed by atoms with E-state index >= 15 is 0 Å². The van der Waals surface area contributed by atoms with Crippen LogP contribution in [-0.2, 0) is 11.2 Å². The molecule has 0 radical (unpaired) electrons. The highest BCUT2D eigenvalue weighted by molar-refractivity contribution is 5.72. The van der Waals surface area contributed by atoms with E-state index in [-0.39, 0.29) is 5.78 Å². The van der Waals surface area contributed by atoms with Gasteiger partial charge < -0.3 is 19.6 Å². The van der Waals surface area contributed by atoms with Gasteiger partial charge in [-0.05, 0) is 56.9 Å². The molecule has 0 saturated heterocycles. The lowest BCUT2D eigenvalue weighted by Gasteiger charge is -2.09. The van der Waals surface area contributed by atoms with Gasteiger partial charge in [0.2, 0.25) is 0 Å². The molecule has 5 heteroatoms. The van der Waals surface area contributed by atoms with Crippen LogP contribution in [0.1, 0.15) is 45.6 Å². The quantitative estimate of drug-likeness (QED) is 0.601. The second-order valence-corrected chi connectivity index (χ2v) is 6.37. The average molecular weight is 373 g/mol. The van der Waals surface area contributed by atoms with Crippen LogP contribution in [0.4, 0.5) is 5.82 Å². The minimum Gasteiger partial charge on any atom is -0.497 e. The van der Waals surface area contributed by atoms with Gasteiger partial charge in [-0.25, -0.2) is 4.98 Å². The minimum atomic E-state index is 0.167. The summed E-state index contributed by atoms with van der Waals surface area (Å²) in [5.74, 6) is 2.73.